The number of nitrogens with one attached hydrogen (secondary N) is 1. The second-order valence-corrected chi connectivity index (χ2v) is 12.8. The van der Waals surface area contributed by atoms with Crippen molar-refractivity contribution in [3.63, 3.8) is 0 Å². The number of amidine groups is 1. The highest BCUT2D eigenvalue weighted by atomic mass is 32.1. The van der Waals surface area contributed by atoms with Crippen LogP contribution in [0.3, 0.4) is 0 Å². The van der Waals surface area contributed by atoms with Crippen molar-refractivity contribution in [3.05, 3.63) is 69.8 Å². The summed E-state index contributed by atoms with van der Waals surface area (Å²) in [6, 6.07) is 10.7. The molecular formula is C33H42N9O3S+. The lowest BCUT2D eigenvalue weighted by Gasteiger charge is -2.28. The van der Waals surface area contributed by atoms with Crippen molar-refractivity contribution in [2.45, 2.75) is 39.7 Å². The highest BCUT2D eigenvalue weighted by molar-refractivity contribution is 7.14. The van der Waals surface area contributed by atoms with E-state index in [4.69, 9.17) is 27.0 Å². The van der Waals surface area contributed by atoms with E-state index in [2.05, 4.69) is 14.9 Å². The molecule has 12 nitrogen and oxygen atoms in total. The van der Waals surface area contributed by atoms with Crippen LogP contribution in [0.1, 0.15) is 54.8 Å². The van der Waals surface area contributed by atoms with Crippen LogP contribution in [-0.2, 0) is 9.59 Å². The molecule has 7 N–H and O–H groups in total. The molecule has 242 valence electrons. The van der Waals surface area contributed by atoms with Crippen molar-refractivity contribution >= 4 is 51.8 Å². The molecule has 0 unspecified atom stereocenters. The number of hydrogen-bond donors (Lipinski definition) is 4. The van der Waals surface area contributed by atoms with Crippen LogP contribution in [0, 0.1) is 11.3 Å². The molecule has 2 amide bonds. The van der Waals surface area contributed by atoms with E-state index in [1.807, 2.05) is 43.9 Å². The molecule has 2 aliphatic rings. The van der Waals surface area contributed by atoms with E-state index in [-0.39, 0.29) is 41.9 Å². The Balaban J connectivity index is 1.19. The van der Waals surface area contributed by atoms with Crippen LogP contribution in [0.5, 0.6) is 5.75 Å². The van der Waals surface area contributed by atoms with Gasteiger partial charge in [-0.15, -0.1) is 11.3 Å². The maximum atomic E-state index is 13.7. The molecule has 0 bridgehead atoms. The zero-order chi connectivity index (χ0) is 33.0. The second kappa shape index (κ2) is 14.2. The van der Waals surface area contributed by atoms with Crippen LogP contribution in [0.2, 0.25) is 0 Å². The average molecular weight is 645 g/mol. The number of ether oxygens (including phenoxy) is 1. The van der Waals surface area contributed by atoms with E-state index in [1.165, 1.54) is 11.3 Å². The molecule has 4 heterocycles. The highest BCUT2D eigenvalue weighted by Gasteiger charge is 2.34. The summed E-state index contributed by atoms with van der Waals surface area (Å²) < 4.78 is 5.71. The summed E-state index contributed by atoms with van der Waals surface area (Å²) in [5, 5.41) is 15.4. The number of rotatable bonds is 11. The first-order chi connectivity index (χ1) is 22.0. The molecule has 1 atom stereocenters. The van der Waals surface area contributed by atoms with Gasteiger partial charge in [0.2, 0.25) is 11.8 Å². The smallest absolute Gasteiger partial charge is 0.282 e. The topological polar surface area (TPSA) is 180 Å². The Morgan fingerprint density at radius 1 is 1.20 bits per heavy atom. The third-order valence-corrected chi connectivity index (χ3v) is 9.25. The van der Waals surface area contributed by atoms with E-state index in [1.54, 1.807) is 35.4 Å². The number of hydrogen-bond acceptors (Lipinski definition) is 9. The average Bonchev–Trinajstić information content (AvgIpc) is 3.73. The molecule has 1 fully saturated rings. The van der Waals surface area contributed by atoms with E-state index < -0.39 is 0 Å². The minimum Gasteiger partial charge on any atom is -0.491 e. The Hall–Kier alpha value is -4.62. The third-order valence-electron chi connectivity index (χ3n) is 8.13. The fourth-order valence-corrected chi connectivity index (χ4v) is 6.54. The largest absolute Gasteiger partial charge is 0.491 e. The minimum absolute atomic E-state index is 0.0438. The molecule has 1 saturated heterocycles. The number of nitrogens with zero attached hydrogens (tertiary/aromatic N) is 5. The maximum absolute atomic E-state index is 13.7. The lowest BCUT2D eigenvalue weighted by atomic mass is 10.0. The number of likely N-dealkylation sites (tertiary alicyclic amines) is 1. The zero-order valence-electron chi connectivity index (χ0n) is 26.5. The molecule has 2 aliphatic heterocycles. The van der Waals surface area contributed by atoms with Crippen LogP contribution in [0.25, 0.3) is 5.57 Å². The highest BCUT2D eigenvalue weighted by Crippen LogP contribution is 2.28. The van der Waals surface area contributed by atoms with Gasteiger partial charge in [-0.3, -0.25) is 35.9 Å². The first kappa shape index (κ1) is 32.8. The predicted octanol–water partition coefficient (Wildman–Crippen LogP) is 1.78. The molecule has 0 aliphatic carbocycles. The van der Waals surface area contributed by atoms with Gasteiger partial charge < -0.3 is 15.4 Å². The van der Waals surface area contributed by atoms with Crippen molar-refractivity contribution in [2.24, 2.45) is 11.7 Å². The number of thiazole rings is 1. The lowest BCUT2D eigenvalue weighted by molar-refractivity contribution is -0.132. The fourth-order valence-electron chi connectivity index (χ4n) is 5.69. The number of carbonyl (C=O) groups is 2. The molecule has 0 saturated carbocycles. The summed E-state index contributed by atoms with van der Waals surface area (Å²) in [6.45, 7) is 8.78. The van der Waals surface area contributed by atoms with E-state index in [9.17, 15) is 9.59 Å². The second-order valence-electron chi connectivity index (χ2n) is 11.8. The Labute approximate surface area is 273 Å². The van der Waals surface area contributed by atoms with Gasteiger partial charge in [0.05, 0.1) is 36.2 Å². The third kappa shape index (κ3) is 7.43. The summed E-state index contributed by atoms with van der Waals surface area (Å²) in [6.07, 6.45) is 5.13. The van der Waals surface area contributed by atoms with Gasteiger partial charge in [-0.05, 0) is 82.1 Å². The molecule has 13 heteroatoms. The van der Waals surface area contributed by atoms with Crippen LogP contribution in [-0.4, -0.2) is 88.5 Å². The summed E-state index contributed by atoms with van der Waals surface area (Å²) in [7, 11) is 0. The van der Waals surface area contributed by atoms with Crippen molar-refractivity contribution in [2.75, 3.05) is 49.9 Å². The number of nitrogens with two attached hydrogens (primary N) is 3. The predicted molar refractivity (Wildman–Crippen MR) is 181 cm³/mol. The molecule has 1 aromatic carbocycles. The molecule has 3 aromatic rings. The molecule has 0 radical (unpaired) electrons. The van der Waals surface area contributed by atoms with Gasteiger partial charge >= 0.3 is 0 Å². The van der Waals surface area contributed by atoms with E-state index in [0.29, 0.717) is 68.3 Å². The maximum Gasteiger partial charge on any atom is 0.282 e. The summed E-state index contributed by atoms with van der Waals surface area (Å²) in [5.74, 6) is 1.16. The van der Waals surface area contributed by atoms with Crippen LogP contribution < -0.4 is 26.5 Å². The fraction of sp³-hybridized carbons (Fsp3) is 0.394. The molecule has 46 heavy (non-hydrogen) atoms. The normalized spacial score (nSPS) is 16.7. The number of aromatic nitrogens is 2. The van der Waals surface area contributed by atoms with Crippen LogP contribution in [0.15, 0.2) is 48.7 Å². The Kier molecular flexibility index (Phi) is 10.1. The number of carbonyl (C=O) groups excluding carboxylic acids is 2. The SMILES string of the molecule is CCN(C(=O)[C@@H]1CCN(CC(=O)N2CC=C(c3ncc(C(N)=[NH2+])s3)CC2)C1)c1ccc(N)c(C(=N)c2ccc(OC(C)C)cc2)n1. The number of amides is 2. The first-order valence-corrected chi connectivity index (χ1v) is 16.3. The molecular weight excluding hydrogens is 602 g/mol. The Morgan fingerprint density at radius 2 is 1.96 bits per heavy atom. The van der Waals surface area contributed by atoms with Crippen LogP contribution in [0.4, 0.5) is 11.5 Å². The van der Waals surface area contributed by atoms with Gasteiger partial charge in [0.15, 0.2) is 0 Å². The molecule has 2 aromatic heterocycles. The van der Waals surface area contributed by atoms with Gasteiger partial charge in [-0.25, -0.2) is 9.97 Å². The lowest BCUT2D eigenvalue weighted by Crippen LogP contribution is -2.45. The molecule has 5 rings (SSSR count). The standard InChI is InChI=1S/C33H41N9O3S/c1-4-42(27-10-9-25(34)30(39-27)29(35)21-5-7-24(8-6-21)45-20(2)3)33(44)23-11-14-40(18-23)19-28(43)41-15-12-22(13-16-41)32-38-17-26(46-32)31(36)37/h5-10,12,17,20,23,35H,4,11,13-16,18-19,34H2,1-3H3,(H3,36,37)/p+1/t23-/m1/s1. The van der Waals surface area contributed by atoms with Gasteiger partial charge in [-0.2, -0.15) is 0 Å². The van der Waals surface area contributed by atoms with Gasteiger partial charge in [0.1, 0.15) is 27.1 Å². The van der Waals surface area contributed by atoms with Gasteiger partial charge in [-0.1, -0.05) is 6.08 Å². The van der Waals surface area contributed by atoms with Crippen molar-refractivity contribution in [3.8, 4) is 5.75 Å². The molecule has 0 spiro atoms. The van der Waals surface area contributed by atoms with Crippen molar-refractivity contribution in [1.29, 1.82) is 5.41 Å². The monoisotopic (exact) mass is 644 g/mol. The summed E-state index contributed by atoms with van der Waals surface area (Å²) >= 11 is 1.45. The zero-order valence-corrected chi connectivity index (χ0v) is 27.3. The Bertz CT molecular complexity index is 1650. The number of benzene rings is 1. The van der Waals surface area contributed by atoms with Crippen molar-refractivity contribution in [1.82, 2.24) is 19.8 Å². The number of pyridine rings is 1. The van der Waals surface area contributed by atoms with Gasteiger partial charge in [0.25, 0.3) is 5.84 Å². The van der Waals surface area contributed by atoms with E-state index in [0.717, 1.165) is 21.2 Å². The van der Waals surface area contributed by atoms with Gasteiger partial charge in [0, 0.05) is 31.7 Å². The quantitative estimate of drug-likeness (QED) is 0.180. The number of nitrogen functional groups attached to an aromatic ring is 1. The summed E-state index contributed by atoms with van der Waals surface area (Å²) in [4.78, 5) is 42.3. The Morgan fingerprint density at radius 3 is 2.59 bits per heavy atom. The minimum atomic E-state index is -0.262. The van der Waals surface area contributed by atoms with Crippen molar-refractivity contribution < 1.29 is 19.7 Å². The first-order valence-electron chi connectivity index (χ1n) is 15.5. The summed E-state index contributed by atoms with van der Waals surface area (Å²) in [5.41, 5.74) is 14.5. The van der Waals surface area contributed by atoms with Crippen LogP contribution >= 0.6 is 11.3 Å². The number of anilines is 2. The van der Waals surface area contributed by atoms with E-state index >= 15 is 0 Å².